The summed E-state index contributed by atoms with van der Waals surface area (Å²) < 4.78 is 5.88. The first-order valence-electron chi connectivity index (χ1n) is 5.32. The van der Waals surface area contributed by atoms with Crippen LogP contribution in [0.25, 0.3) is 0 Å². The predicted octanol–water partition coefficient (Wildman–Crippen LogP) is 3.56. The molecular formula is C13H16O. The zero-order chi connectivity index (χ0) is 9.64. The van der Waals surface area contributed by atoms with Gasteiger partial charge in [-0.3, -0.25) is 0 Å². The summed E-state index contributed by atoms with van der Waals surface area (Å²) in [4.78, 5) is 0. The predicted molar refractivity (Wildman–Crippen MR) is 58.5 cm³/mol. The number of allylic oxidation sites excluding steroid dienone is 1. The van der Waals surface area contributed by atoms with Crippen LogP contribution in [-0.2, 0) is 0 Å². The number of rotatable bonds is 2. The van der Waals surface area contributed by atoms with E-state index in [1.807, 2.05) is 30.3 Å². The number of para-hydroxylation sites is 1. The lowest BCUT2D eigenvalue weighted by molar-refractivity contribution is 0.194. The molecule has 1 nitrogen and oxygen atoms in total. The van der Waals surface area contributed by atoms with Gasteiger partial charge in [-0.05, 0) is 31.4 Å². The topological polar surface area (TPSA) is 9.23 Å². The van der Waals surface area contributed by atoms with E-state index in [-0.39, 0.29) is 0 Å². The van der Waals surface area contributed by atoms with Crippen LogP contribution in [-0.4, -0.2) is 6.10 Å². The van der Waals surface area contributed by atoms with Gasteiger partial charge in [-0.1, -0.05) is 30.4 Å². The molecule has 1 heteroatoms. The molecule has 1 aromatic carbocycles. The minimum atomic E-state index is 0.371. The van der Waals surface area contributed by atoms with Crippen molar-refractivity contribution in [3.63, 3.8) is 0 Å². The Kier molecular flexibility index (Phi) is 3.23. The average Bonchev–Trinajstić information content (AvgIpc) is 2.48. The number of ether oxygens (including phenoxy) is 1. The van der Waals surface area contributed by atoms with Gasteiger partial charge >= 0.3 is 0 Å². The van der Waals surface area contributed by atoms with Gasteiger partial charge < -0.3 is 4.74 Å². The van der Waals surface area contributed by atoms with E-state index in [4.69, 9.17) is 4.74 Å². The van der Waals surface area contributed by atoms with E-state index in [0.717, 1.165) is 12.2 Å². The van der Waals surface area contributed by atoms with E-state index in [2.05, 4.69) is 12.2 Å². The van der Waals surface area contributed by atoms with Crippen molar-refractivity contribution < 1.29 is 4.74 Å². The second-order valence-electron chi connectivity index (χ2n) is 3.69. The van der Waals surface area contributed by atoms with Gasteiger partial charge in [0.25, 0.3) is 0 Å². The van der Waals surface area contributed by atoms with Gasteiger partial charge in [0.2, 0.25) is 0 Å². The molecule has 2 rings (SSSR count). The molecular weight excluding hydrogens is 172 g/mol. The normalized spacial score (nSPS) is 21.6. The van der Waals surface area contributed by atoms with E-state index in [0.29, 0.717) is 6.10 Å². The smallest absolute Gasteiger partial charge is 0.119 e. The summed E-state index contributed by atoms with van der Waals surface area (Å²) >= 11 is 0. The van der Waals surface area contributed by atoms with Crippen LogP contribution in [0.15, 0.2) is 42.5 Å². The Labute approximate surface area is 85.4 Å². The Morgan fingerprint density at radius 2 is 1.93 bits per heavy atom. The SMILES string of the molecule is C1=CCC(Oc2ccccc2)CCC1. The molecule has 14 heavy (non-hydrogen) atoms. The quantitative estimate of drug-likeness (QED) is 0.645. The zero-order valence-electron chi connectivity index (χ0n) is 8.36. The van der Waals surface area contributed by atoms with Crippen LogP contribution in [0.4, 0.5) is 0 Å². The molecule has 1 aromatic rings. The van der Waals surface area contributed by atoms with Crippen LogP contribution < -0.4 is 4.74 Å². The van der Waals surface area contributed by atoms with E-state index >= 15 is 0 Å². The molecule has 0 bridgehead atoms. The first-order chi connectivity index (χ1) is 6.95. The standard InChI is InChI=1S/C13H16O/c1-2-5-9-12(8-4-1)14-13-10-6-3-7-11-13/h1,3-4,6-7,10-12H,2,5,8-9H2. The summed E-state index contributed by atoms with van der Waals surface area (Å²) in [6.07, 6.45) is 9.53. The molecule has 0 fully saturated rings. The monoisotopic (exact) mass is 188 g/mol. The van der Waals surface area contributed by atoms with Gasteiger partial charge in [-0.2, -0.15) is 0 Å². The Hall–Kier alpha value is -1.24. The molecule has 74 valence electrons. The molecule has 0 saturated carbocycles. The lowest BCUT2D eigenvalue weighted by atomic mass is 10.1. The second kappa shape index (κ2) is 4.85. The molecule has 1 aliphatic carbocycles. The van der Waals surface area contributed by atoms with Crippen LogP contribution >= 0.6 is 0 Å². The summed E-state index contributed by atoms with van der Waals surface area (Å²) in [6.45, 7) is 0. The van der Waals surface area contributed by atoms with Crippen molar-refractivity contribution in [2.75, 3.05) is 0 Å². The first kappa shape index (κ1) is 9.32. The molecule has 0 aromatic heterocycles. The molecule has 0 aliphatic heterocycles. The molecule has 0 amide bonds. The second-order valence-corrected chi connectivity index (χ2v) is 3.69. The summed E-state index contributed by atoms with van der Waals surface area (Å²) in [6, 6.07) is 10.1. The van der Waals surface area contributed by atoms with Crippen molar-refractivity contribution in [1.29, 1.82) is 0 Å². The number of hydrogen-bond acceptors (Lipinski definition) is 1. The molecule has 0 saturated heterocycles. The van der Waals surface area contributed by atoms with Gasteiger partial charge in [-0.25, -0.2) is 0 Å². The van der Waals surface area contributed by atoms with Crippen LogP contribution in [0.5, 0.6) is 5.75 Å². The minimum Gasteiger partial charge on any atom is -0.490 e. The summed E-state index contributed by atoms with van der Waals surface area (Å²) in [5.41, 5.74) is 0. The Morgan fingerprint density at radius 3 is 2.79 bits per heavy atom. The lowest BCUT2D eigenvalue weighted by Crippen LogP contribution is -2.14. The number of benzene rings is 1. The zero-order valence-corrected chi connectivity index (χ0v) is 8.36. The summed E-state index contributed by atoms with van der Waals surface area (Å²) in [5, 5.41) is 0. The third-order valence-corrected chi connectivity index (χ3v) is 2.51. The van der Waals surface area contributed by atoms with Crippen LogP contribution in [0.3, 0.4) is 0 Å². The molecule has 0 heterocycles. The van der Waals surface area contributed by atoms with Gasteiger partial charge in [0.15, 0.2) is 0 Å². The van der Waals surface area contributed by atoms with Gasteiger partial charge in [0.1, 0.15) is 11.9 Å². The fraction of sp³-hybridized carbons (Fsp3) is 0.385. The lowest BCUT2D eigenvalue weighted by Gasteiger charge is -2.16. The van der Waals surface area contributed by atoms with Gasteiger partial charge in [0, 0.05) is 6.42 Å². The summed E-state index contributed by atoms with van der Waals surface area (Å²) in [5.74, 6) is 0.993. The molecule has 1 unspecified atom stereocenters. The molecule has 0 radical (unpaired) electrons. The number of hydrogen-bond donors (Lipinski definition) is 0. The highest BCUT2D eigenvalue weighted by atomic mass is 16.5. The fourth-order valence-corrected chi connectivity index (χ4v) is 1.75. The third-order valence-electron chi connectivity index (χ3n) is 2.51. The summed E-state index contributed by atoms with van der Waals surface area (Å²) in [7, 11) is 0. The van der Waals surface area contributed by atoms with Crippen molar-refractivity contribution >= 4 is 0 Å². The van der Waals surface area contributed by atoms with Crippen molar-refractivity contribution in [1.82, 2.24) is 0 Å². The Morgan fingerprint density at radius 1 is 1.07 bits per heavy atom. The van der Waals surface area contributed by atoms with Crippen LogP contribution in [0, 0.1) is 0 Å². The van der Waals surface area contributed by atoms with Crippen molar-refractivity contribution in [2.45, 2.75) is 31.8 Å². The van der Waals surface area contributed by atoms with Crippen molar-refractivity contribution in [3.8, 4) is 5.75 Å². The van der Waals surface area contributed by atoms with E-state index < -0.39 is 0 Å². The maximum Gasteiger partial charge on any atom is 0.119 e. The molecule has 0 N–H and O–H groups in total. The average molecular weight is 188 g/mol. The Balaban J connectivity index is 1.93. The highest BCUT2D eigenvalue weighted by Crippen LogP contribution is 2.18. The van der Waals surface area contributed by atoms with E-state index in [9.17, 15) is 0 Å². The Bertz CT molecular complexity index is 289. The van der Waals surface area contributed by atoms with E-state index in [1.54, 1.807) is 0 Å². The maximum absolute atomic E-state index is 5.88. The largest absolute Gasteiger partial charge is 0.490 e. The molecule has 1 aliphatic rings. The van der Waals surface area contributed by atoms with Crippen molar-refractivity contribution in [3.05, 3.63) is 42.5 Å². The highest BCUT2D eigenvalue weighted by molar-refractivity contribution is 5.21. The fourth-order valence-electron chi connectivity index (χ4n) is 1.75. The van der Waals surface area contributed by atoms with Gasteiger partial charge in [0.05, 0.1) is 0 Å². The minimum absolute atomic E-state index is 0.371. The first-order valence-corrected chi connectivity index (χ1v) is 5.32. The van der Waals surface area contributed by atoms with Crippen LogP contribution in [0.2, 0.25) is 0 Å². The van der Waals surface area contributed by atoms with Gasteiger partial charge in [-0.15, -0.1) is 0 Å². The molecule has 1 atom stereocenters. The van der Waals surface area contributed by atoms with Crippen LogP contribution in [0.1, 0.15) is 25.7 Å². The third kappa shape index (κ3) is 2.63. The van der Waals surface area contributed by atoms with Crippen molar-refractivity contribution in [2.24, 2.45) is 0 Å². The maximum atomic E-state index is 5.88. The highest BCUT2D eigenvalue weighted by Gasteiger charge is 2.09. The molecule has 0 spiro atoms. The van der Waals surface area contributed by atoms with E-state index in [1.165, 1.54) is 19.3 Å².